The van der Waals surface area contributed by atoms with Gasteiger partial charge in [0.05, 0.1) is 11.6 Å². The van der Waals surface area contributed by atoms with E-state index in [1.165, 1.54) is 30.3 Å². The van der Waals surface area contributed by atoms with E-state index in [0.717, 1.165) is 6.07 Å². The van der Waals surface area contributed by atoms with Gasteiger partial charge in [0.2, 0.25) is 0 Å². The molecule has 1 nitrogen and oxygen atoms in total. The molecule has 0 unspecified atom stereocenters. The van der Waals surface area contributed by atoms with Crippen molar-refractivity contribution in [3.63, 3.8) is 0 Å². The van der Waals surface area contributed by atoms with E-state index in [1.807, 2.05) is 6.07 Å². The predicted molar refractivity (Wildman–Crippen MR) is 64.2 cm³/mol. The van der Waals surface area contributed by atoms with Crippen molar-refractivity contribution in [2.45, 2.75) is 0 Å². The van der Waals surface area contributed by atoms with Gasteiger partial charge in [0.15, 0.2) is 0 Å². The summed E-state index contributed by atoms with van der Waals surface area (Å²) in [6.07, 6.45) is 0. The number of benzene rings is 2. The van der Waals surface area contributed by atoms with E-state index in [1.54, 1.807) is 0 Å². The van der Waals surface area contributed by atoms with Crippen molar-refractivity contribution in [3.05, 3.63) is 58.1 Å². The molecule has 0 bridgehead atoms. The Hall–Kier alpha value is -1.73. The van der Waals surface area contributed by atoms with E-state index in [4.69, 9.17) is 5.26 Å². The summed E-state index contributed by atoms with van der Waals surface area (Å²) < 4.78 is 27.9. The summed E-state index contributed by atoms with van der Waals surface area (Å²) in [7, 11) is 0. The van der Waals surface area contributed by atoms with Crippen LogP contribution in [0.5, 0.6) is 0 Å². The summed E-state index contributed by atoms with van der Waals surface area (Å²) in [5.74, 6) is -1.08. The number of nitriles is 1. The van der Waals surface area contributed by atoms with Crippen LogP contribution in [0.3, 0.4) is 0 Å². The maximum atomic E-state index is 13.6. The van der Waals surface area contributed by atoms with Crippen molar-refractivity contribution in [1.82, 2.24) is 0 Å². The maximum absolute atomic E-state index is 13.6. The number of hydrogen-bond donors (Lipinski definition) is 0. The molecule has 0 aliphatic rings. The minimum atomic E-state index is -0.555. The highest BCUT2D eigenvalue weighted by Gasteiger charge is 2.11. The summed E-state index contributed by atoms with van der Waals surface area (Å²) >= 11 is 3.20. The molecule has 0 aliphatic carbocycles. The lowest BCUT2D eigenvalue weighted by Crippen LogP contribution is -1.90. The lowest BCUT2D eigenvalue weighted by atomic mass is 10.0. The molecule has 0 saturated heterocycles. The van der Waals surface area contributed by atoms with Crippen LogP contribution < -0.4 is 0 Å². The van der Waals surface area contributed by atoms with Crippen molar-refractivity contribution in [1.29, 1.82) is 5.26 Å². The Morgan fingerprint density at radius 1 is 0.941 bits per heavy atom. The molecule has 0 fully saturated rings. The van der Waals surface area contributed by atoms with Crippen LogP contribution in [0.4, 0.5) is 8.78 Å². The first-order chi connectivity index (χ1) is 8.11. The Kier molecular flexibility index (Phi) is 3.21. The monoisotopic (exact) mass is 293 g/mol. The van der Waals surface area contributed by atoms with Crippen LogP contribution in [-0.4, -0.2) is 0 Å². The van der Waals surface area contributed by atoms with E-state index in [-0.39, 0.29) is 11.1 Å². The van der Waals surface area contributed by atoms with E-state index in [2.05, 4.69) is 15.9 Å². The first kappa shape index (κ1) is 11.7. The minimum absolute atomic E-state index is 0.0860. The van der Waals surface area contributed by atoms with Gasteiger partial charge in [-0.15, -0.1) is 0 Å². The minimum Gasteiger partial charge on any atom is -0.206 e. The molecule has 0 saturated carbocycles. The molecule has 0 aliphatic heterocycles. The Bertz CT molecular complexity index is 617. The molecule has 0 amide bonds. The Balaban J connectivity index is 2.68. The van der Waals surface area contributed by atoms with Crippen LogP contribution in [-0.2, 0) is 0 Å². The summed E-state index contributed by atoms with van der Waals surface area (Å²) in [4.78, 5) is 0. The fourth-order valence-electron chi connectivity index (χ4n) is 1.51. The zero-order valence-corrected chi connectivity index (χ0v) is 10.1. The number of nitrogens with zero attached hydrogens (tertiary/aromatic N) is 1. The molecule has 0 spiro atoms. The molecule has 4 heteroatoms. The molecular formula is C13H6BrF2N. The highest BCUT2D eigenvalue weighted by atomic mass is 79.9. The molecule has 17 heavy (non-hydrogen) atoms. The zero-order chi connectivity index (χ0) is 12.4. The van der Waals surface area contributed by atoms with Crippen molar-refractivity contribution in [3.8, 4) is 17.2 Å². The Morgan fingerprint density at radius 2 is 1.53 bits per heavy atom. The second-order valence-electron chi connectivity index (χ2n) is 3.43. The molecule has 84 valence electrons. The van der Waals surface area contributed by atoms with Crippen LogP contribution in [0.15, 0.2) is 40.9 Å². The van der Waals surface area contributed by atoms with Crippen molar-refractivity contribution < 1.29 is 8.78 Å². The first-order valence-electron chi connectivity index (χ1n) is 4.77. The second kappa shape index (κ2) is 4.64. The number of hydrogen-bond acceptors (Lipinski definition) is 1. The predicted octanol–water partition coefficient (Wildman–Crippen LogP) is 4.27. The highest BCUT2D eigenvalue weighted by Crippen LogP contribution is 2.29. The van der Waals surface area contributed by atoms with E-state index >= 15 is 0 Å². The third-order valence-corrected chi connectivity index (χ3v) is 2.81. The molecule has 2 rings (SSSR count). The standard InChI is InChI=1S/C13H6BrF2N/c14-9-2-4-13(16)11(6-9)10-5-8(7-17)1-3-12(10)15/h1-6H. The van der Waals surface area contributed by atoms with Crippen molar-refractivity contribution >= 4 is 15.9 Å². The Morgan fingerprint density at radius 3 is 2.18 bits per heavy atom. The molecule has 2 aromatic rings. The highest BCUT2D eigenvalue weighted by molar-refractivity contribution is 9.10. The van der Waals surface area contributed by atoms with Gasteiger partial charge >= 0.3 is 0 Å². The zero-order valence-electron chi connectivity index (χ0n) is 8.55. The largest absolute Gasteiger partial charge is 0.206 e. The lowest BCUT2D eigenvalue weighted by molar-refractivity contribution is 0.616. The van der Waals surface area contributed by atoms with Crippen molar-refractivity contribution in [2.24, 2.45) is 0 Å². The third kappa shape index (κ3) is 2.34. The normalized spacial score (nSPS) is 10.0. The van der Waals surface area contributed by atoms with Gasteiger partial charge < -0.3 is 0 Å². The molecule has 0 radical (unpaired) electrons. The maximum Gasteiger partial charge on any atom is 0.131 e. The molecule has 0 atom stereocenters. The fourth-order valence-corrected chi connectivity index (χ4v) is 1.87. The van der Waals surface area contributed by atoms with Gasteiger partial charge in [-0.25, -0.2) is 8.78 Å². The topological polar surface area (TPSA) is 23.8 Å². The average Bonchev–Trinajstić information content (AvgIpc) is 2.33. The molecule has 2 aromatic carbocycles. The van der Waals surface area contributed by atoms with Crippen LogP contribution in [0.1, 0.15) is 5.56 Å². The van der Waals surface area contributed by atoms with Crippen LogP contribution in [0, 0.1) is 23.0 Å². The third-order valence-electron chi connectivity index (χ3n) is 2.31. The lowest BCUT2D eigenvalue weighted by Gasteiger charge is -2.06. The molecule has 0 heterocycles. The van der Waals surface area contributed by atoms with Crippen LogP contribution in [0.25, 0.3) is 11.1 Å². The molecular weight excluding hydrogens is 288 g/mol. The van der Waals surface area contributed by atoms with Gasteiger partial charge in [-0.2, -0.15) is 5.26 Å². The van der Waals surface area contributed by atoms with E-state index in [0.29, 0.717) is 10.0 Å². The summed E-state index contributed by atoms with van der Waals surface area (Å²) in [6.45, 7) is 0. The first-order valence-corrected chi connectivity index (χ1v) is 5.56. The van der Waals surface area contributed by atoms with Gasteiger partial charge in [0.25, 0.3) is 0 Å². The SMILES string of the molecule is N#Cc1ccc(F)c(-c2cc(Br)ccc2F)c1. The smallest absolute Gasteiger partial charge is 0.131 e. The fraction of sp³-hybridized carbons (Fsp3) is 0. The number of rotatable bonds is 1. The van der Waals surface area contributed by atoms with Gasteiger partial charge in [0.1, 0.15) is 11.6 Å². The Labute approximate surface area is 105 Å². The summed E-state index contributed by atoms with van der Waals surface area (Å²) in [6, 6.07) is 10.0. The van der Waals surface area contributed by atoms with Gasteiger partial charge in [-0.3, -0.25) is 0 Å². The summed E-state index contributed by atoms with van der Waals surface area (Å²) in [5.41, 5.74) is 0.512. The molecule has 0 aromatic heterocycles. The average molecular weight is 294 g/mol. The number of halogens is 3. The van der Waals surface area contributed by atoms with Gasteiger partial charge in [-0.05, 0) is 36.4 Å². The van der Waals surface area contributed by atoms with E-state index < -0.39 is 11.6 Å². The van der Waals surface area contributed by atoms with Crippen LogP contribution >= 0.6 is 15.9 Å². The van der Waals surface area contributed by atoms with Gasteiger partial charge in [-0.1, -0.05) is 15.9 Å². The van der Waals surface area contributed by atoms with E-state index in [9.17, 15) is 8.78 Å². The second-order valence-corrected chi connectivity index (χ2v) is 4.35. The quantitative estimate of drug-likeness (QED) is 0.770. The summed E-state index contributed by atoms with van der Waals surface area (Å²) in [5, 5.41) is 8.75. The van der Waals surface area contributed by atoms with Crippen LogP contribution in [0.2, 0.25) is 0 Å². The molecule has 0 N–H and O–H groups in total. The van der Waals surface area contributed by atoms with Gasteiger partial charge in [0, 0.05) is 15.6 Å². The van der Waals surface area contributed by atoms with Crippen molar-refractivity contribution in [2.75, 3.05) is 0 Å².